The summed E-state index contributed by atoms with van der Waals surface area (Å²) in [7, 11) is 0. The van der Waals surface area contributed by atoms with E-state index in [4.69, 9.17) is 0 Å². The van der Waals surface area contributed by atoms with Crippen LogP contribution in [0.3, 0.4) is 0 Å². The number of nitrogens with zero attached hydrogens (tertiary/aromatic N) is 5. The van der Waals surface area contributed by atoms with Crippen molar-refractivity contribution in [2.75, 3.05) is 13.1 Å². The molecule has 0 bridgehead atoms. The van der Waals surface area contributed by atoms with Gasteiger partial charge >= 0.3 is 0 Å². The minimum Gasteiger partial charge on any atom is -0.349 e. The summed E-state index contributed by atoms with van der Waals surface area (Å²) in [5.74, 6) is -0.224. The summed E-state index contributed by atoms with van der Waals surface area (Å²) < 4.78 is 14.7. The molecule has 2 aliphatic rings. The van der Waals surface area contributed by atoms with Crippen molar-refractivity contribution in [1.29, 1.82) is 0 Å². The largest absolute Gasteiger partial charge is 0.349 e. The van der Waals surface area contributed by atoms with Crippen LogP contribution < -0.4 is 5.32 Å². The molecular weight excluding hydrogens is 403 g/mol. The second kappa shape index (κ2) is 8.23. The molecule has 0 saturated carbocycles. The van der Waals surface area contributed by atoms with Crippen LogP contribution in [0.5, 0.6) is 0 Å². The summed E-state index contributed by atoms with van der Waals surface area (Å²) in [4.78, 5) is 16.8. The second-order valence-electron chi connectivity index (χ2n) is 7.94. The van der Waals surface area contributed by atoms with Crippen LogP contribution in [0, 0.1) is 5.82 Å². The SMILES string of the molecule is O=C(NC1CCN(Cc2ccc(F)cc2)CC1)c1c(-n2cnnn2)sc2c1CCC2. The van der Waals surface area contributed by atoms with Gasteiger partial charge in [0.05, 0.1) is 5.56 Å². The molecule has 0 atom stereocenters. The third kappa shape index (κ3) is 3.87. The molecule has 3 aromatic rings. The Morgan fingerprint density at radius 1 is 1.20 bits per heavy atom. The maximum Gasteiger partial charge on any atom is 0.254 e. The molecule has 1 fully saturated rings. The second-order valence-corrected chi connectivity index (χ2v) is 9.03. The van der Waals surface area contributed by atoms with Crippen molar-refractivity contribution < 1.29 is 9.18 Å². The number of hydrogen-bond donors (Lipinski definition) is 1. The zero-order chi connectivity index (χ0) is 20.5. The zero-order valence-electron chi connectivity index (χ0n) is 16.6. The highest BCUT2D eigenvalue weighted by Crippen LogP contribution is 2.37. The summed E-state index contributed by atoms with van der Waals surface area (Å²) in [6.45, 7) is 2.62. The van der Waals surface area contributed by atoms with Crippen LogP contribution in [0.15, 0.2) is 30.6 Å². The number of aromatic nitrogens is 4. The number of piperidine rings is 1. The van der Waals surface area contributed by atoms with Crippen molar-refractivity contribution in [3.8, 4) is 5.00 Å². The molecule has 0 radical (unpaired) electrons. The summed E-state index contributed by atoms with van der Waals surface area (Å²) in [6, 6.07) is 6.83. The Morgan fingerprint density at radius 2 is 2.00 bits per heavy atom. The van der Waals surface area contributed by atoms with Gasteiger partial charge < -0.3 is 5.32 Å². The number of fused-ring (bicyclic) bond motifs is 1. The van der Waals surface area contributed by atoms with Crippen molar-refractivity contribution >= 4 is 17.2 Å². The lowest BCUT2D eigenvalue weighted by Crippen LogP contribution is -2.44. The first-order valence-corrected chi connectivity index (χ1v) is 11.1. The quantitative estimate of drug-likeness (QED) is 0.679. The first-order chi connectivity index (χ1) is 14.7. The number of carbonyl (C=O) groups excluding carboxylic acids is 1. The molecule has 9 heteroatoms. The van der Waals surface area contributed by atoms with Gasteiger partial charge in [-0.3, -0.25) is 9.69 Å². The van der Waals surface area contributed by atoms with Crippen molar-refractivity contribution in [2.45, 2.75) is 44.7 Å². The maximum atomic E-state index is 13.2. The molecule has 5 rings (SSSR count). The van der Waals surface area contributed by atoms with E-state index < -0.39 is 0 Å². The van der Waals surface area contributed by atoms with E-state index in [1.54, 1.807) is 22.3 Å². The summed E-state index contributed by atoms with van der Waals surface area (Å²) >= 11 is 1.62. The highest BCUT2D eigenvalue weighted by Gasteiger charge is 2.30. The van der Waals surface area contributed by atoms with Crippen LogP contribution >= 0.6 is 11.3 Å². The molecule has 1 N–H and O–H groups in total. The molecule has 7 nitrogen and oxygen atoms in total. The van der Waals surface area contributed by atoms with E-state index >= 15 is 0 Å². The number of nitrogens with one attached hydrogen (secondary N) is 1. The summed E-state index contributed by atoms with van der Waals surface area (Å²) in [6.07, 6.45) is 6.40. The van der Waals surface area contributed by atoms with Gasteiger partial charge in [-0.1, -0.05) is 12.1 Å². The molecule has 0 spiro atoms. The molecule has 156 valence electrons. The number of tetrazole rings is 1. The van der Waals surface area contributed by atoms with Gasteiger partial charge in [-0.25, -0.2) is 4.39 Å². The van der Waals surface area contributed by atoms with Gasteiger partial charge in [0, 0.05) is 30.6 Å². The van der Waals surface area contributed by atoms with Crippen LogP contribution in [0.1, 0.15) is 45.6 Å². The Bertz CT molecular complexity index is 1020. The van der Waals surface area contributed by atoms with E-state index in [-0.39, 0.29) is 17.8 Å². The predicted molar refractivity (Wildman–Crippen MR) is 111 cm³/mol. The van der Waals surface area contributed by atoms with Gasteiger partial charge in [-0.2, -0.15) is 4.68 Å². The van der Waals surface area contributed by atoms with E-state index in [2.05, 4.69) is 25.7 Å². The first-order valence-electron chi connectivity index (χ1n) is 10.3. The topological polar surface area (TPSA) is 75.9 Å². The zero-order valence-corrected chi connectivity index (χ0v) is 17.4. The predicted octanol–water partition coefficient (Wildman–Crippen LogP) is 2.75. The highest BCUT2D eigenvalue weighted by molar-refractivity contribution is 7.15. The number of aryl methyl sites for hydroxylation is 1. The molecule has 1 saturated heterocycles. The van der Waals surface area contributed by atoms with E-state index in [1.165, 1.54) is 17.0 Å². The lowest BCUT2D eigenvalue weighted by atomic mass is 10.0. The smallest absolute Gasteiger partial charge is 0.254 e. The van der Waals surface area contributed by atoms with E-state index in [1.807, 2.05) is 12.1 Å². The molecule has 1 aromatic carbocycles. The number of carbonyl (C=O) groups is 1. The average molecular weight is 427 g/mol. The molecule has 0 unspecified atom stereocenters. The molecular formula is C21H23FN6OS. The Balaban J connectivity index is 1.23. The fourth-order valence-electron chi connectivity index (χ4n) is 4.38. The van der Waals surface area contributed by atoms with Crippen molar-refractivity contribution in [3.05, 3.63) is 58.0 Å². The van der Waals surface area contributed by atoms with Crippen LogP contribution in [-0.2, 0) is 19.4 Å². The van der Waals surface area contributed by atoms with Gasteiger partial charge in [0.25, 0.3) is 5.91 Å². The number of benzene rings is 1. The Kier molecular flexibility index (Phi) is 5.30. The molecule has 2 aromatic heterocycles. The minimum absolute atomic E-state index is 0.0168. The number of amides is 1. The Hall–Kier alpha value is -2.65. The van der Waals surface area contributed by atoms with Crippen molar-refractivity contribution in [3.63, 3.8) is 0 Å². The maximum absolute atomic E-state index is 13.2. The van der Waals surface area contributed by atoms with E-state index in [0.29, 0.717) is 0 Å². The van der Waals surface area contributed by atoms with Crippen molar-refractivity contribution in [1.82, 2.24) is 30.4 Å². The fraction of sp³-hybridized carbons (Fsp3) is 0.429. The van der Waals surface area contributed by atoms with Crippen molar-refractivity contribution in [2.24, 2.45) is 0 Å². The monoisotopic (exact) mass is 426 g/mol. The lowest BCUT2D eigenvalue weighted by Gasteiger charge is -2.32. The van der Waals surface area contributed by atoms with E-state index in [0.717, 1.165) is 73.4 Å². The van der Waals surface area contributed by atoms with Gasteiger partial charge in [0.1, 0.15) is 17.1 Å². The molecule has 1 amide bonds. The summed E-state index contributed by atoms with van der Waals surface area (Å²) in [5, 5.41) is 15.5. The number of halogens is 1. The molecule has 3 heterocycles. The number of likely N-dealkylation sites (tertiary alicyclic amines) is 1. The first kappa shape index (κ1) is 19.3. The van der Waals surface area contributed by atoms with Gasteiger partial charge in [-0.15, -0.1) is 16.4 Å². The Morgan fingerprint density at radius 3 is 2.73 bits per heavy atom. The van der Waals surface area contributed by atoms with Gasteiger partial charge in [0.2, 0.25) is 0 Å². The van der Waals surface area contributed by atoms with Crippen LogP contribution in [0.25, 0.3) is 5.00 Å². The average Bonchev–Trinajstić information content (AvgIpc) is 3.48. The standard InChI is InChI=1S/C21H23FN6OS/c22-15-6-4-14(5-7-15)12-27-10-8-16(9-11-27)24-20(29)19-17-2-1-3-18(17)30-21(19)28-13-23-25-26-28/h4-7,13,16H,1-3,8-12H2,(H,24,29). The van der Waals surface area contributed by atoms with Gasteiger partial charge in [0.15, 0.2) is 0 Å². The number of rotatable bonds is 5. The number of thiophene rings is 1. The third-order valence-electron chi connectivity index (χ3n) is 5.93. The lowest BCUT2D eigenvalue weighted by molar-refractivity contribution is 0.0908. The minimum atomic E-state index is -0.207. The van der Waals surface area contributed by atoms with Crippen LogP contribution in [-0.4, -0.2) is 50.1 Å². The third-order valence-corrected chi connectivity index (χ3v) is 7.21. The van der Waals surface area contributed by atoms with E-state index in [9.17, 15) is 9.18 Å². The van der Waals surface area contributed by atoms with Crippen LogP contribution in [0.2, 0.25) is 0 Å². The molecule has 1 aliphatic carbocycles. The molecule has 30 heavy (non-hydrogen) atoms. The highest BCUT2D eigenvalue weighted by atomic mass is 32.1. The Labute approximate surface area is 177 Å². The number of hydrogen-bond acceptors (Lipinski definition) is 6. The fourth-order valence-corrected chi connectivity index (χ4v) is 5.68. The summed E-state index contributed by atoms with van der Waals surface area (Å²) in [5.41, 5.74) is 3.02. The van der Waals surface area contributed by atoms with Gasteiger partial charge in [-0.05, 0) is 65.8 Å². The normalized spacial score (nSPS) is 17.2. The van der Waals surface area contributed by atoms with Crippen LogP contribution in [0.4, 0.5) is 4.39 Å². The molecule has 1 aliphatic heterocycles.